The Balaban J connectivity index is 2.49. The zero-order valence-electron chi connectivity index (χ0n) is 9.62. The normalized spacial score (nSPS) is 17.1. The van der Waals surface area contributed by atoms with E-state index < -0.39 is 0 Å². The maximum absolute atomic E-state index is 9.33. The molecule has 2 rings (SSSR count). The fourth-order valence-electron chi connectivity index (χ4n) is 2.16. The third kappa shape index (κ3) is 1.51. The molecule has 3 heteroatoms. The van der Waals surface area contributed by atoms with E-state index >= 15 is 0 Å². The van der Waals surface area contributed by atoms with Gasteiger partial charge in [-0.15, -0.1) is 0 Å². The minimum absolute atomic E-state index is 0.361. The summed E-state index contributed by atoms with van der Waals surface area (Å²) in [7, 11) is 3.26. The molecule has 0 amide bonds. The molecule has 0 spiro atoms. The van der Waals surface area contributed by atoms with Crippen molar-refractivity contribution in [3.05, 3.63) is 23.8 Å². The Morgan fingerprint density at radius 1 is 1.25 bits per heavy atom. The van der Waals surface area contributed by atoms with Crippen LogP contribution in [0.3, 0.4) is 0 Å². The van der Waals surface area contributed by atoms with Gasteiger partial charge in [0.25, 0.3) is 0 Å². The lowest BCUT2D eigenvalue weighted by Crippen LogP contribution is -2.32. The second-order valence-corrected chi connectivity index (χ2v) is 4.11. The summed E-state index contributed by atoms with van der Waals surface area (Å²) in [5, 5.41) is 9.33. The van der Waals surface area contributed by atoms with Gasteiger partial charge in [0.15, 0.2) is 0 Å². The van der Waals surface area contributed by atoms with Gasteiger partial charge in [-0.3, -0.25) is 0 Å². The van der Waals surface area contributed by atoms with Crippen LogP contribution in [0.2, 0.25) is 0 Å². The van der Waals surface area contributed by atoms with E-state index in [1.165, 1.54) is 0 Å². The van der Waals surface area contributed by atoms with Gasteiger partial charge in [-0.1, -0.05) is 0 Å². The Bertz CT molecular complexity index is 430. The summed E-state index contributed by atoms with van der Waals surface area (Å²) in [6.07, 6.45) is 2.92. The van der Waals surface area contributed by atoms with E-state index in [1.54, 1.807) is 14.2 Å². The molecule has 1 aliphatic carbocycles. The summed E-state index contributed by atoms with van der Waals surface area (Å²) in [6.45, 7) is 0. The van der Waals surface area contributed by atoms with Crippen molar-refractivity contribution >= 4 is 0 Å². The summed E-state index contributed by atoms with van der Waals surface area (Å²) in [5.74, 6) is 1.55. The van der Waals surface area contributed by atoms with Gasteiger partial charge in [-0.05, 0) is 37.5 Å². The Kier molecular flexibility index (Phi) is 2.74. The fourth-order valence-corrected chi connectivity index (χ4v) is 2.16. The van der Waals surface area contributed by atoms with Gasteiger partial charge >= 0.3 is 0 Å². The molecule has 1 fully saturated rings. The highest BCUT2D eigenvalue weighted by Crippen LogP contribution is 2.47. The summed E-state index contributed by atoms with van der Waals surface area (Å²) < 4.78 is 10.5. The average Bonchev–Trinajstić information content (AvgIpc) is 2.28. The summed E-state index contributed by atoms with van der Waals surface area (Å²) in [6, 6.07) is 8.06. The molecule has 0 bridgehead atoms. The van der Waals surface area contributed by atoms with Gasteiger partial charge in [-0.2, -0.15) is 5.26 Å². The zero-order chi connectivity index (χ0) is 11.6. The van der Waals surface area contributed by atoms with Crippen LogP contribution in [0.5, 0.6) is 11.5 Å². The molecule has 0 heterocycles. The smallest absolute Gasteiger partial charge is 0.123 e. The average molecular weight is 217 g/mol. The summed E-state index contributed by atoms with van der Waals surface area (Å²) in [5.41, 5.74) is 0.600. The summed E-state index contributed by atoms with van der Waals surface area (Å²) >= 11 is 0. The first-order valence-corrected chi connectivity index (χ1v) is 5.39. The van der Waals surface area contributed by atoms with E-state index in [0.717, 1.165) is 36.3 Å². The number of rotatable bonds is 3. The van der Waals surface area contributed by atoms with Crippen LogP contribution in [0.15, 0.2) is 18.2 Å². The monoisotopic (exact) mass is 217 g/mol. The van der Waals surface area contributed by atoms with Gasteiger partial charge in [-0.25, -0.2) is 0 Å². The molecule has 1 saturated carbocycles. The van der Waals surface area contributed by atoms with Crippen molar-refractivity contribution in [1.29, 1.82) is 5.26 Å². The Morgan fingerprint density at radius 3 is 2.44 bits per heavy atom. The molecular formula is C13H15NO2. The molecule has 1 aromatic rings. The van der Waals surface area contributed by atoms with Crippen LogP contribution in [0.25, 0.3) is 0 Å². The minimum Gasteiger partial charge on any atom is -0.497 e. The second kappa shape index (κ2) is 4.05. The van der Waals surface area contributed by atoms with Crippen molar-refractivity contribution in [2.75, 3.05) is 14.2 Å². The number of methoxy groups -OCH3 is 2. The van der Waals surface area contributed by atoms with E-state index in [4.69, 9.17) is 9.47 Å². The topological polar surface area (TPSA) is 42.2 Å². The van der Waals surface area contributed by atoms with Crippen molar-refractivity contribution in [3.63, 3.8) is 0 Å². The first-order valence-electron chi connectivity index (χ1n) is 5.39. The van der Waals surface area contributed by atoms with Crippen LogP contribution < -0.4 is 9.47 Å². The lowest BCUT2D eigenvalue weighted by Gasteiger charge is -2.36. The standard InChI is InChI=1S/C13H15NO2/c1-15-10-4-5-12(16-2)11(8-10)13(9-14)6-3-7-13/h4-5,8H,3,6-7H2,1-2H3. The molecule has 0 atom stereocenters. The molecule has 3 nitrogen and oxygen atoms in total. The maximum atomic E-state index is 9.33. The van der Waals surface area contributed by atoms with Gasteiger partial charge in [0.2, 0.25) is 0 Å². The van der Waals surface area contributed by atoms with Crippen molar-refractivity contribution in [3.8, 4) is 17.6 Å². The molecule has 16 heavy (non-hydrogen) atoms. The maximum Gasteiger partial charge on any atom is 0.123 e. The van der Waals surface area contributed by atoms with Crippen LogP contribution in [0, 0.1) is 11.3 Å². The van der Waals surface area contributed by atoms with Gasteiger partial charge in [0, 0.05) is 5.56 Å². The van der Waals surface area contributed by atoms with Crippen LogP contribution in [0.1, 0.15) is 24.8 Å². The number of nitriles is 1. The first kappa shape index (κ1) is 10.8. The van der Waals surface area contributed by atoms with Crippen LogP contribution in [-0.4, -0.2) is 14.2 Å². The van der Waals surface area contributed by atoms with Crippen LogP contribution >= 0.6 is 0 Å². The Labute approximate surface area is 95.6 Å². The number of benzene rings is 1. The summed E-state index contributed by atoms with van der Waals surface area (Å²) in [4.78, 5) is 0. The molecule has 0 unspecified atom stereocenters. The molecule has 1 aliphatic rings. The SMILES string of the molecule is COc1ccc(OC)c(C2(C#N)CCC2)c1. The van der Waals surface area contributed by atoms with Crippen molar-refractivity contribution in [2.24, 2.45) is 0 Å². The van der Waals surface area contributed by atoms with Crippen molar-refractivity contribution < 1.29 is 9.47 Å². The van der Waals surface area contributed by atoms with E-state index in [2.05, 4.69) is 6.07 Å². The highest BCUT2D eigenvalue weighted by atomic mass is 16.5. The molecule has 0 radical (unpaired) electrons. The molecule has 0 aromatic heterocycles. The highest BCUT2D eigenvalue weighted by Gasteiger charge is 2.41. The lowest BCUT2D eigenvalue weighted by atomic mass is 9.65. The lowest BCUT2D eigenvalue weighted by molar-refractivity contribution is 0.304. The number of hydrogen-bond donors (Lipinski definition) is 0. The first-order chi connectivity index (χ1) is 7.75. The predicted octanol–water partition coefficient (Wildman–Crippen LogP) is 2.65. The van der Waals surface area contributed by atoms with Gasteiger partial charge in [0.1, 0.15) is 11.5 Å². The van der Waals surface area contributed by atoms with Crippen molar-refractivity contribution in [1.82, 2.24) is 0 Å². The molecular weight excluding hydrogens is 202 g/mol. The molecule has 0 N–H and O–H groups in total. The number of nitrogens with zero attached hydrogens (tertiary/aromatic N) is 1. The number of hydrogen-bond acceptors (Lipinski definition) is 3. The predicted molar refractivity (Wildman–Crippen MR) is 60.7 cm³/mol. The van der Waals surface area contributed by atoms with Crippen molar-refractivity contribution in [2.45, 2.75) is 24.7 Å². The van der Waals surface area contributed by atoms with Crippen LogP contribution in [0.4, 0.5) is 0 Å². The van der Waals surface area contributed by atoms with E-state index in [9.17, 15) is 5.26 Å². The molecule has 0 saturated heterocycles. The quantitative estimate of drug-likeness (QED) is 0.781. The third-order valence-corrected chi connectivity index (χ3v) is 3.34. The van der Waals surface area contributed by atoms with E-state index in [1.807, 2.05) is 18.2 Å². The Hall–Kier alpha value is -1.69. The van der Waals surface area contributed by atoms with Gasteiger partial charge < -0.3 is 9.47 Å². The zero-order valence-corrected chi connectivity index (χ0v) is 9.62. The largest absolute Gasteiger partial charge is 0.497 e. The molecule has 84 valence electrons. The second-order valence-electron chi connectivity index (χ2n) is 4.11. The fraction of sp³-hybridized carbons (Fsp3) is 0.462. The Morgan fingerprint density at radius 2 is 2.00 bits per heavy atom. The minimum atomic E-state index is -0.361. The van der Waals surface area contributed by atoms with E-state index in [0.29, 0.717) is 0 Å². The highest BCUT2D eigenvalue weighted by molar-refractivity contribution is 5.49. The van der Waals surface area contributed by atoms with Crippen LogP contribution in [-0.2, 0) is 5.41 Å². The van der Waals surface area contributed by atoms with E-state index in [-0.39, 0.29) is 5.41 Å². The molecule has 0 aliphatic heterocycles. The molecule has 1 aromatic carbocycles. The number of ether oxygens (including phenoxy) is 2. The van der Waals surface area contributed by atoms with Gasteiger partial charge in [0.05, 0.1) is 25.7 Å². The third-order valence-electron chi connectivity index (χ3n) is 3.34.